The van der Waals surface area contributed by atoms with E-state index >= 15 is 0 Å². The van der Waals surface area contributed by atoms with Crippen molar-refractivity contribution in [2.75, 3.05) is 13.2 Å². The maximum Gasteiger partial charge on any atom is 0.306 e. The lowest BCUT2D eigenvalue weighted by Gasteiger charge is -2.18. The van der Waals surface area contributed by atoms with Gasteiger partial charge in [0.2, 0.25) is 0 Å². The van der Waals surface area contributed by atoms with E-state index in [4.69, 9.17) is 14.2 Å². The second-order valence-corrected chi connectivity index (χ2v) is 19.5. The summed E-state index contributed by atoms with van der Waals surface area (Å²) < 4.78 is 16.8. The maximum absolute atomic E-state index is 12.8. The van der Waals surface area contributed by atoms with Crippen LogP contribution in [0, 0.1) is 0 Å². The fraction of sp³-hybridized carbons (Fsp3) is 0.563. The number of carbonyl (C=O) groups excluding carboxylic acids is 3. The van der Waals surface area contributed by atoms with E-state index in [1.165, 1.54) is 38.5 Å². The fourth-order valence-corrected chi connectivity index (χ4v) is 7.65. The van der Waals surface area contributed by atoms with Crippen LogP contribution in [0.2, 0.25) is 0 Å². The molecule has 6 heteroatoms. The second-order valence-electron chi connectivity index (χ2n) is 19.5. The summed E-state index contributed by atoms with van der Waals surface area (Å²) in [6.45, 7) is 6.31. The standard InChI is InChI=1S/C71H110O6/c1-4-7-10-13-16-19-22-25-26-27-28-29-30-31-32-33-34-35-36-37-38-39-40-41-42-43-44-47-49-52-55-58-61-64-70(73)76-67-68(77-71(74)65-62-59-56-53-50-46-24-21-18-15-12-9-6-3)66-75-69(72)63-60-57-54-51-48-45-23-20-17-14-11-8-5-2/h7,9-10,12,16,18-21,23,25-26,28-29,31-32,34-35,37-38,40-41,43-44,46,49-50,52,68H,4-6,8,11,13-15,17,22,24,27,30,33,36,39,42,45,47-48,51,53-67H2,1-3H3/b10-7-,12-9-,19-16-,21-18-,23-20-,26-25-,29-28-,32-31-,35-34-,38-37-,41-40-,44-43-,50-46-,52-49-. The smallest absolute Gasteiger partial charge is 0.306 e. The quantitative estimate of drug-likeness (QED) is 0.0261. The summed E-state index contributed by atoms with van der Waals surface area (Å²) in [5, 5.41) is 0. The van der Waals surface area contributed by atoms with Crippen LogP contribution in [-0.2, 0) is 28.6 Å². The van der Waals surface area contributed by atoms with Crippen molar-refractivity contribution in [1.82, 2.24) is 0 Å². The Morgan fingerprint density at radius 1 is 0.273 bits per heavy atom. The van der Waals surface area contributed by atoms with Gasteiger partial charge < -0.3 is 14.2 Å². The van der Waals surface area contributed by atoms with E-state index in [0.29, 0.717) is 19.3 Å². The zero-order valence-electron chi connectivity index (χ0n) is 49.1. The van der Waals surface area contributed by atoms with Crippen LogP contribution in [0.15, 0.2) is 170 Å². The van der Waals surface area contributed by atoms with E-state index in [-0.39, 0.29) is 44.0 Å². The summed E-state index contributed by atoms with van der Waals surface area (Å²) in [6, 6.07) is 0. The Labute approximate surface area is 472 Å². The topological polar surface area (TPSA) is 78.9 Å². The number of carbonyl (C=O) groups is 3. The van der Waals surface area contributed by atoms with Crippen molar-refractivity contribution in [2.24, 2.45) is 0 Å². The highest BCUT2D eigenvalue weighted by molar-refractivity contribution is 5.71. The highest BCUT2D eigenvalue weighted by Gasteiger charge is 2.19. The lowest BCUT2D eigenvalue weighted by atomic mass is 10.1. The zero-order valence-corrected chi connectivity index (χ0v) is 49.1. The summed E-state index contributed by atoms with van der Waals surface area (Å²) in [4.78, 5) is 38.1. The average molecular weight is 1060 g/mol. The highest BCUT2D eigenvalue weighted by atomic mass is 16.6. The molecule has 0 aliphatic rings. The minimum Gasteiger partial charge on any atom is -0.462 e. The fourth-order valence-electron chi connectivity index (χ4n) is 7.65. The largest absolute Gasteiger partial charge is 0.462 e. The molecule has 0 heterocycles. The number of allylic oxidation sites excluding steroid dienone is 28. The summed E-state index contributed by atoms with van der Waals surface area (Å²) >= 11 is 0. The van der Waals surface area contributed by atoms with Crippen molar-refractivity contribution in [1.29, 1.82) is 0 Å². The van der Waals surface area contributed by atoms with Crippen molar-refractivity contribution < 1.29 is 28.6 Å². The molecular weight excluding hydrogens is 949 g/mol. The normalized spacial score (nSPS) is 13.3. The number of ether oxygens (including phenoxy) is 3. The highest BCUT2D eigenvalue weighted by Crippen LogP contribution is 2.12. The Balaban J connectivity index is 4.39. The van der Waals surface area contributed by atoms with Crippen LogP contribution in [0.3, 0.4) is 0 Å². The molecule has 0 saturated heterocycles. The minimum absolute atomic E-state index is 0.115. The van der Waals surface area contributed by atoms with E-state index < -0.39 is 6.10 Å². The molecule has 0 spiro atoms. The monoisotopic (exact) mass is 1060 g/mol. The van der Waals surface area contributed by atoms with E-state index in [1.807, 2.05) is 0 Å². The summed E-state index contributed by atoms with van der Waals surface area (Å²) in [5.74, 6) is -1.01. The molecule has 0 fully saturated rings. The molecule has 0 saturated carbocycles. The molecule has 0 bridgehead atoms. The molecule has 0 aromatic heterocycles. The first-order valence-corrected chi connectivity index (χ1v) is 30.6. The Kier molecular flexibility index (Phi) is 59.0. The van der Waals surface area contributed by atoms with Gasteiger partial charge in [0.25, 0.3) is 0 Å². The third kappa shape index (κ3) is 61.5. The molecule has 1 unspecified atom stereocenters. The lowest BCUT2D eigenvalue weighted by Crippen LogP contribution is -2.30. The molecule has 0 aliphatic carbocycles. The van der Waals surface area contributed by atoms with Gasteiger partial charge in [-0.3, -0.25) is 14.4 Å². The first kappa shape index (κ1) is 71.8. The molecule has 0 aliphatic heterocycles. The second kappa shape index (κ2) is 63.3. The van der Waals surface area contributed by atoms with Crippen LogP contribution in [0.1, 0.15) is 239 Å². The Bertz CT molecular complexity index is 1790. The number of hydrogen-bond donors (Lipinski definition) is 0. The van der Waals surface area contributed by atoms with Gasteiger partial charge >= 0.3 is 17.9 Å². The first-order valence-electron chi connectivity index (χ1n) is 30.6. The minimum atomic E-state index is -0.823. The molecule has 0 aromatic carbocycles. The van der Waals surface area contributed by atoms with Gasteiger partial charge in [-0.15, -0.1) is 0 Å². The van der Waals surface area contributed by atoms with Gasteiger partial charge in [0.15, 0.2) is 6.10 Å². The number of esters is 3. The molecular formula is C71H110O6. The van der Waals surface area contributed by atoms with Crippen molar-refractivity contribution in [2.45, 2.75) is 245 Å². The predicted molar refractivity (Wildman–Crippen MR) is 334 cm³/mol. The predicted octanol–water partition coefficient (Wildman–Crippen LogP) is 21.1. The molecule has 6 nitrogen and oxygen atoms in total. The molecule has 0 N–H and O–H groups in total. The Morgan fingerprint density at radius 3 is 0.844 bits per heavy atom. The number of unbranched alkanes of at least 4 members (excludes halogenated alkanes) is 14. The number of rotatable bonds is 53. The van der Waals surface area contributed by atoms with Crippen molar-refractivity contribution >= 4 is 17.9 Å². The number of hydrogen-bond acceptors (Lipinski definition) is 6. The summed E-state index contributed by atoms with van der Waals surface area (Å²) in [7, 11) is 0. The molecule has 0 aromatic rings. The molecule has 0 amide bonds. The van der Waals surface area contributed by atoms with Crippen LogP contribution in [0.4, 0.5) is 0 Å². The van der Waals surface area contributed by atoms with E-state index in [1.54, 1.807) is 0 Å². The van der Waals surface area contributed by atoms with E-state index in [0.717, 1.165) is 148 Å². The van der Waals surface area contributed by atoms with Gasteiger partial charge in [0.1, 0.15) is 13.2 Å². The van der Waals surface area contributed by atoms with Gasteiger partial charge in [0, 0.05) is 19.3 Å². The van der Waals surface area contributed by atoms with Gasteiger partial charge in [0.05, 0.1) is 0 Å². The van der Waals surface area contributed by atoms with E-state index in [2.05, 4.69) is 191 Å². The van der Waals surface area contributed by atoms with Gasteiger partial charge in [-0.2, -0.15) is 0 Å². The summed E-state index contributed by atoms with van der Waals surface area (Å²) in [5.41, 5.74) is 0. The van der Waals surface area contributed by atoms with Crippen molar-refractivity contribution in [3.63, 3.8) is 0 Å². The maximum atomic E-state index is 12.8. The van der Waals surface area contributed by atoms with Gasteiger partial charge in [-0.1, -0.05) is 236 Å². The van der Waals surface area contributed by atoms with Crippen LogP contribution in [-0.4, -0.2) is 37.2 Å². The molecule has 0 rings (SSSR count). The van der Waals surface area contributed by atoms with Gasteiger partial charge in [-0.25, -0.2) is 0 Å². The molecule has 0 radical (unpaired) electrons. The molecule has 430 valence electrons. The van der Waals surface area contributed by atoms with Crippen molar-refractivity contribution in [3.05, 3.63) is 170 Å². The zero-order chi connectivity index (χ0) is 55.7. The SMILES string of the molecule is CC/C=C\C/C=C\C/C=C\C/C=C\C/C=C\C/C=C\C/C=C\C/C=C\C/C=C\C/C=C\CCCCC(=O)OCC(COC(=O)CCCCCCC/C=C\CCCCCC)OC(=O)CCCCC/C=C\C/C=C\C/C=C\CC. The van der Waals surface area contributed by atoms with E-state index in [9.17, 15) is 14.4 Å². The molecule has 1 atom stereocenters. The first-order chi connectivity index (χ1) is 38.0. The average Bonchev–Trinajstić information content (AvgIpc) is 3.43. The van der Waals surface area contributed by atoms with Crippen LogP contribution < -0.4 is 0 Å². The molecule has 77 heavy (non-hydrogen) atoms. The lowest BCUT2D eigenvalue weighted by molar-refractivity contribution is -0.167. The Hall–Kier alpha value is -5.23. The van der Waals surface area contributed by atoms with Crippen LogP contribution in [0.25, 0.3) is 0 Å². The third-order valence-electron chi connectivity index (χ3n) is 12.2. The van der Waals surface area contributed by atoms with Gasteiger partial charge in [-0.05, 0) is 154 Å². The van der Waals surface area contributed by atoms with Crippen LogP contribution in [0.5, 0.6) is 0 Å². The van der Waals surface area contributed by atoms with Crippen molar-refractivity contribution in [3.8, 4) is 0 Å². The van der Waals surface area contributed by atoms with Crippen LogP contribution >= 0.6 is 0 Å². The Morgan fingerprint density at radius 2 is 0.506 bits per heavy atom. The third-order valence-corrected chi connectivity index (χ3v) is 12.2. The summed E-state index contributed by atoms with van der Waals surface area (Å²) in [6.07, 6.45) is 93.6.